The molecule has 0 atom stereocenters. The summed E-state index contributed by atoms with van der Waals surface area (Å²) in [5.41, 5.74) is 3.34. The van der Waals surface area contributed by atoms with Gasteiger partial charge < -0.3 is 0 Å². The molecule has 0 aliphatic heterocycles. The second kappa shape index (κ2) is 4.30. The van der Waals surface area contributed by atoms with Crippen LogP contribution in [-0.2, 0) is 0 Å². The lowest BCUT2D eigenvalue weighted by molar-refractivity contribution is 1.41. The summed E-state index contributed by atoms with van der Waals surface area (Å²) >= 11 is 3.49. The molecule has 1 radical (unpaired) electrons. The molecule has 0 aliphatic carbocycles. The molecule has 3 rings (SSSR count). The Balaban J connectivity index is 2.18. The summed E-state index contributed by atoms with van der Waals surface area (Å²) in [6.45, 7) is 0. The molecule has 0 unspecified atom stereocenters. The van der Waals surface area contributed by atoms with Gasteiger partial charge in [-0.05, 0) is 41.5 Å². The number of nitrogens with zero attached hydrogens (tertiary/aromatic N) is 1. The normalized spacial score (nSPS) is 10.6. The van der Waals surface area contributed by atoms with Crippen molar-refractivity contribution in [1.82, 2.24) is 4.98 Å². The molecule has 3 aromatic rings. The average Bonchev–Trinajstić information content (AvgIpc) is 2.38. The van der Waals surface area contributed by atoms with Crippen molar-refractivity contribution >= 4 is 26.8 Å². The number of hydrogen-bond acceptors (Lipinski definition) is 1. The van der Waals surface area contributed by atoms with Crippen molar-refractivity contribution in [2.75, 3.05) is 0 Å². The number of pyridine rings is 1. The summed E-state index contributed by atoms with van der Waals surface area (Å²) in [7, 11) is 0. The maximum absolute atomic E-state index is 4.35. The standard InChI is InChI=1S/C15H9BrN/c16-14-5-1-3-12(9-14)13-7-6-11-4-2-8-17-15(11)10-13/h1-3,5-10H. The first-order valence-corrected chi connectivity index (χ1v) is 6.15. The lowest BCUT2D eigenvalue weighted by Crippen LogP contribution is -1.81. The van der Waals surface area contributed by atoms with E-state index >= 15 is 0 Å². The molecular weight excluding hydrogens is 274 g/mol. The lowest BCUT2D eigenvalue weighted by atomic mass is 10.0. The van der Waals surface area contributed by atoms with E-state index in [4.69, 9.17) is 0 Å². The molecule has 0 spiro atoms. The predicted molar refractivity (Wildman–Crippen MR) is 73.7 cm³/mol. The number of rotatable bonds is 1. The number of fused-ring (bicyclic) bond motifs is 1. The van der Waals surface area contributed by atoms with E-state index in [0.29, 0.717) is 0 Å². The van der Waals surface area contributed by atoms with Crippen LogP contribution >= 0.6 is 15.9 Å². The third kappa shape index (κ3) is 2.08. The molecule has 0 fully saturated rings. The highest BCUT2D eigenvalue weighted by Gasteiger charge is 2.00. The van der Waals surface area contributed by atoms with E-state index < -0.39 is 0 Å². The Kier molecular flexibility index (Phi) is 2.65. The average molecular weight is 283 g/mol. The summed E-state index contributed by atoms with van der Waals surface area (Å²) in [6.07, 6.45) is 1.77. The molecule has 1 aromatic heterocycles. The van der Waals surface area contributed by atoms with E-state index in [1.54, 1.807) is 6.20 Å². The molecule has 1 nitrogen and oxygen atoms in total. The van der Waals surface area contributed by atoms with Crippen LogP contribution in [0.15, 0.2) is 59.2 Å². The van der Waals surface area contributed by atoms with Crippen LogP contribution in [0.25, 0.3) is 22.0 Å². The monoisotopic (exact) mass is 282 g/mol. The molecule has 0 saturated carbocycles. The number of benzene rings is 2. The first kappa shape index (κ1) is 10.5. The van der Waals surface area contributed by atoms with Gasteiger partial charge in [0.1, 0.15) is 0 Å². The fourth-order valence-corrected chi connectivity index (χ4v) is 2.25. The third-order valence-corrected chi connectivity index (χ3v) is 3.18. The van der Waals surface area contributed by atoms with Gasteiger partial charge >= 0.3 is 0 Å². The van der Waals surface area contributed by atoms with Crippen molar-refractivity contribution < 1.29 is 0 Å². The van der Waals surface area contributed by atoms with Crippen LogP contribution in [0, 0.1) is 6.07 Å². The van der Waals surface area contributed by atoms with E-state index in [1.807, 2.05) is 18.2 Å². The molecule has 0 saturated heterocycles. The van der Waals surface area contributed by atoms with Crippen molar-refractivity contribution in [2.24, 2.45) is 0 Å². The summed E-state index contributed by atoms with van der Waals surface area (Å²) < 4.78 is 1.09. The van der Waals surface area contributed by atoms with Gasteiger partial charge in [0.15, 0.2) is 0 Å². The highest BCUT2D eigenvalue weighted by Crippen LogP contribution is 2.25. The highest BCUT2D eigenvalue weighted by atomic mass is 79.9. The summed E-state index contributed by atoms with van der Waals surface area (Å²) in [5, 5.41) is 1.05. The van der Waals surface area contributed by atoms with E-state index in [-0.39, 0.29) is 0 Å². The number of aromatic nitrogens is 1. The first-order valence-electron chi connectivity index (χ1n) is 5.35. The van der Waals surface area contributed by atoms with Crippen LogP contribution in [-0.4, -0.2) is 4.98 Å². The molecule has 0 aliphatic rings. The fourth-order valence-electron chi connectivity index (χ4n) is 1.85. The zero-order valence-corrected chi connectivity index (χ0v) is 10.6. The van der Waals surface area contributed by atoms with Gasteiger partial charge in [-0.1, -0.05) is 40.2 Å². The van der Waals surface area contributed by atoms with E-state index in [9.17, 15) is 0 Å². The van der Waals surface area contributed by atoms with Crippen LogP contribution in [0.3, 0.4) is 0 Å². The van der Waals surface area contributed by atoms with Crippen LogP contribution in [0.1, 0.15) is 0 Å². The number of hydrogen-bond donors (Lipinski definition) is 0. The predicted octanol–water partition coefficient (Wildman–Crippen LogP) is 4.46. The Morgan fingerprint density at radius 1 is 1.00 bits per heavy atom. The van der Waals surface area contributed by atoms with Crippen LogP contribution in [0.4, 0.5) is 0 Å². The van der Waals surface area contributed by atoms with Gasteiger partial charge in [0, 0.05) is 16.1 Å². The van der Waals surface area contributed by atoms with Gasteiger partial charge in [0.25, 0.3) is 0 Å². The molecular formula is C15H9BrN. The SMILES string of the molecule is Brc1cccc(-c2ccc3[c]ccnc3c2)c1. The number of halogens is 1. The van der Waals surface area contributed by atoms with Crippen molar-refractivity contribution in [3.05, 3.63) is 65.3 Å². The first-order chi connectivity index (χ1) is 8.33. The Bertz CT molecular complexity index is 676. The molecule has 81 valence electrons. The second-order valence-electron chi connectivity index (χ2n) is 3.83. The van der Waals surface area contributed by atoms with Crippen LogP contribution in [0.2, 0.25) is 0 Å². The van der Waals surface area contributed by atoms with Crippen molar-refractivity contribution in [1.29, 1.82) is 0 Å². The molecule has 0 amide bonds. The Hall–Kier alpha value is -1.67. The van der Waals surface area contributed by atoms with Gasteiger partial charge in [-0.2, -0.15) is 0 Å². The highest BCUT2D eigenvalue weighted by molar-refractivity contribution is 9.10. The third-order valence-electron chi connectivity index (χ3n) is 2.68. The van der Waals surface area contributed by atoms with Gasteiger partial charge in [0.2, 0.25) is 0 Å². The Labute approximate surface area is 108 Å². The Morgan fingerprint density at radius 3 is 2.76 bits per heavy atom. The van der Waals surface area contributed by atoms with Crippen molar-refractivity contribution in [2.45, 2.75) is 0 Å². The van der Waals surface area contributed by atoms with Gasteiger partial charge in [-0.15, -0.1) is 0 Å². The second-order valence-corrected chi connectivity index (χ2v) is 4.75. The summed E-state index contributed by atoms with van der Waals surface area (Å²) in [4.78, 5) is 4.35. The lowest BCUT2D eigenvalue weighted by Gasteiger charge is -2.03. The minimum atomic E-state index is 0.977. The van der Waals surface area contributed by atoms with Crippen LogP contribution in [0.5, 0.6) is 0 Å². The zero-order chi connectivity index (χ0) is 11.7. The fraction of sp³-hybridized carbons (Fsp3) is 0. The van der Waals surface area contributed by atoms with Gasteiger partial charge in [0.05, 0.1) is 5.52 Å². The molecule has 2 heteroatoms. The van der Waals surface area contributed by atoms with Gasteiger partial charge in [-0.25, -0.2) is 0 Å². The molecule has 1 heterocycles. The summed E-state index contributed by atoms with van der Waals surface area (Å²) in [6, 6.07) is 19.5. The molecule has 2 aromatic carbocycles. The van der Waals surface area contributed by atoms with E-state index in [0.717, 1.165) is 15.4 Å². The van der Waals surface area contributed by atoms with Crippen molar-refractivity contribution in [3.63, 3.8) is 0 Å². The smallest absolute Gasteiger partial charge is 0.0714 e. The van der Waals surface area contributed by atoms with E-state index in [1.165, 1.54) is 11.1 Å². The summed E-state index contributed by atoms with van der Waals surface area (Å²) in [5.74, 6) is 0. The maximum Gasteiger partial charge on any atom is 0.0714 e. The maximum atomic E-state index is 4.35. The minimum absolute atomic E-state index is 0.977. The Morgan fingerprint density at radius 2 is 1.88 bits per heavy atom. The quantitative estimate of drug-likeness (QED) is 0.642. The zero-order valence-electron chi connectivity index (χ0n) is 9.02. The van der Waals surface area contributed by atoms with E-state index in [2.05, 4.69) is 57.3 Å². The molecule has 0 bridgehead atoms. The minimum Gasteiger partial charge on any atom is -0.256 e. The van der Waals surface area contributed by atoms with Crippen LogP contribution < -0.4 is 0 Å². The van der Waals surface area contributed by atoms with Gasteiger partial charge in [-0.3, -0.25) is 4.98 Å². The topological polar surface area (TPSA) is 12.9 Å². The van der Waals surface area contributed by atoms with Crippen molar-refractivity contribution in [3.8, 4) is 11.1 Å². The largest absolute Gasteiger partial charge is 0.256 e. The molecule has 0 N–H and O–H groups in total. The molecule has 17 heavy (non-hydrogen) atoms.